The summed E-state index contributed by atoms with van der Waals surface area (Å²) in [5.41, 5.74) is 8.07. The van der Waals surface area contributed by atoms with Crippen molar-refractivity contribution in [1.82, 2.24) is 5.32 Å². The van der Waals surface area contributed by atoms with E-state index in [0.29, 0.717) is 29.3 Å². The summed E-state index contributed by atoms with van der Waals surface area (Å²) >= 11 is 0. The van der Waals surface area contributed by atoms with Crippen LogP contribution in [0.4, 0.5) is 27.6 Å². The van der Waals surface area contributed by atoms with Crippen molar-refractivity contribution < 1.29 is 26.7 Å². The summed E-state index contributed by atoms with van der Waals surface area (Å²) in [6, 6.07) is 3.25. The van der Waals surface area contributed by atoms with Crippen molar-refractivity contribution in [2.75, 3.05) is 12.3 Å². The zero-order valence-electron chi connectivity index (χ0n) is 13.8. The molecule has 1 aromatic rings. The molecule has 0 spiro atoms. The van der Waals surface area contributed by atoms with E-state index in [0.717, 1.165) is 24.6 Å². The summed E-state index contributed by atoms with van der Waals surface area (Å²) in [5, 5.41) is 2.69. The van der Waals surface area contributed by atoms with Gasteiger partial charge in [0.15, 0.2) is 0 Å². The summed E-state index contributed by atoms with van der Waals surface area (Å²) < 4.78 is 55.4. The van der Waals surface area contributed by atoms with Crippen LogP contribution in [0, 0.1) is 0 Å². The Morgan fingerprint density at radius 3 is 2.40 bits per heavy atom. The fourth-order valence-electron chi connectivity index (χ4n) is 2.07. The minimum Gasteiger partial charge on any atom is -0.398 e. The van der Waals surface area contributed by atoms with Gasteiger partial charge in [-0.25, -0.2) is 4.99 Å². The molecular weight excluding hydrogens is 345 g/mol. The van der Waals surface area contributed by atoms with Crippen LogP contribution in [0.25, 0.3) is 0 Å². The maximum absolute atomic E-state index is 12.2. The van der Waals surface area contributed by atoms with E-state index in [1.807, 2.05) is 6.92 Å². The van der Waals surface area contributed by atoms with Crippen LogP contribution in [0.5, 0.6) is 0 Å². The highest BCUT2D eigenvalue weighted by Gasteiger charge is 2.27. The van der Waals surface area contributed by atoms with E-state index in [2.05, 4.69) is 10.3 Å². The molecule has 3 N–H and O–H groups in total. The lowest BCUT2D eigenvalue weighted by Gasteiger charge is -2.11. The first kappa shape index (κ1) is 20.9. The lowest BCUT2D eigenvalue weighted by Crippen LogP contribution is -2.23. The average molecular weight is 365 g/mol. The summed E-state index contributed by atoms with van der Waals surface area (Å²) in [5.74, 6) is 0.0872. The Kier molecular flexibility index (Phi) is 7.32. The molecule has 1 aliphatic rings. The molecule has 1 aliphatic carbocycles. The van der Waals surface area contributed by atoms with Gasteiger partial charge in [0, 0.05) is 36.5 Å². The second-order valence-corrected chi connectivity index (χ2v) is 5.54. The van der Waals surface area contributed by atoms with Gasteiger partial charge >= 0.3 is 12.7 Å². The molecule has 25 heavy (non-hydrogen) atoms. The van der Waals surface area contributed by atoms with E-state index >= 15 is 0 Å². The number of nitrogens with two attached hydrogens (primary N) is 1. The van der Waals surface area contributed by atoms with Crippen LogP contribution in [0.3, 0.4) is 0 Å². The lowest BCUT2D eigenvalue weighted by atomic mass is 9.99. The van der Waals surface area contributed by atoms with Crippen LogP contribution in [0.1, 0.15) is 54.1 Å². The number of nitrogens with one attached hydrogen (secondary N) is 1. The van der Waals surface area contributed by atoms with Gasteiger partial charge in [0.25, 0.3) is 5.91 Å². The van der Waals surface area contributed by atoms with Crippen LogP contribution < -0.4 is 11.1 Å². The van der Waals surface area contributed by atoms with Crippen molar-refractivity contribution in [1.29, 1.82) is 0 Å². The third-order valence-electron chi connectivity index (χ3n) is 3.19. The number of carbonyl (C=O) groups is 1. The number of rotatable bonds is 5. The van der Waals surface area contributed by atoms with Gasteiger partial charge in [-0.3, -0.25) is 4.79 Å². The minimum absolute atomic E-state index is 0.188. The van der Waals surface area contributed by atoms with Crippen LogP contribution in [-0.4, -0.2) is 31.4 Å². The maximum atomic E-state index is 12.2. The third-order valence-corrected chi connectivity index (χ3v) is 3.19. The molecule has 140 valence electrons. The topological polar surface area (TPSA) is 67.5 Å². The Bertz CT molecular complexity index is 619. The number of amides is 1. The molecule has 1 aromatic carbocycles. The molecule has 0 atom stereocenters. The number of nitrogen functional groups attached to an aromatic ring is 1. The van der Waals surface area contributed by atoms with Crippen LogP contribution in [0.2, 0.25) is 0 Å². The Balaban J connectivity index is 0.000000550. The van der Waals surface area contributed by atoms with Crippen LogP contribution >= 0.6 is 0 Å². The van der Waals surface area contributed by atoms with Crippen molar-refractivity contribution >= 4 is 17.8 Å². The Hall–Kier alpha value is -2.19. The van der Waals surface area contributed by atoms with Crippen molar-refractivity contribution in [2.45, 2.75) is 45.3 Å². The number of carbonyl (C=O) groups excluding carboxylic acids is 1. The van der Waals surface area contributed by atoms with E-state index in [9.17, 15) is 26.7 Å². The van der Waals surface area contributed by atoms with E-state index in [1.54, 1.807) is 6.07 Å². The normalized spacial score (nSPS) is 14.4. The standard InChI is InChI=1S/C14H17F2N3O.C2H3F3/c1-2-18-13(20)9-5-10(7-19-14(15)16)12(17)11(6-9)8-3-4-8;1-2(3,4)5/h5-8,14H,2-4,17H2,1H3,(H,18,20);1H3/b19-7+;. The Morgan fingerprint density at radius 1 is 1.40 bits per heavy atom. The molecule has 0 saturated heterocycles. The van der Waals surface area contributed by atoms with Gasteiger partial charge < -0.3 is 11.1 Å². The van der Waals surface area contributed by atoms with Crippen molar-refractivity contribution in [3.05, 3.63) is 28.8 Å². The first-order valence-electron chi connectivity index (χ1n) is 7.62. The zero-order chi connectivity index (χ0) is 19.2. The summed E-state index contributed by atoms with van der Waals surface area (Å²) in [6.07, 6.45) is -0.947. The molecule has 0 bridgehead atoms. The van der Waals surface area contributed by atoms with Gasteiger partial charge in [-0.2, -0.15) is 22.0 Å². The highest BCUT2D eigenvalue weighted by Crippen LogP contribution is 2.43. The number of benzene rings is 1. The van der Waals surface area contributed by atoms with Crippen molar-refractivity contribution in [3.8, 4) is 0 Å². The first-order valence-corrected chi connectivity index (χ1v) is 7.62. The predicted octanol–water partition coefficient (Wildman–Crippen LogP) is 4.11. The molecule has 0 radical (unpaired) electrons. The summed E-state index contributed by atoms with van der Waals surface area (Å²) in [4.78, 5) is 14.9. The van der Waals surface area contributed by atoms with Gasteiger partial charge in [0.1, 0.15) is 0 Å². The van der Waals surface area contributed by atoms with E-state index in [-0.39, 0.29) is 12.8 Å². The van der Waals surface area contributed by atoms with E-state index in [4.69, 9.17) is 5.73 Å². The summed E-state index contributed by atoms with van der Waals surface area (Å²) in [7, 11) is 0. The second-order valence-electron chi connectivity index (χ2n) is 5.54. The number of anilines is 1. The third kappa shape index (κ3) is 7.95. The number of halogens is 5. The van der Waals surface area contributed by atoms with E-state index < -0.39 is 12.7 Å². The number of alkyl halides is 5. The molecule has 0 heterocycles. The zero-order valence-corrected chi connectivity index (χ0v) is 13.8. The van der Waals surface area contributed by atoms with Crippen molar-refractivity contribution in [2.24, 2.45) is 4.99 Å². The van der Waals surface area contributed by atoms with Gasteiger partial charge in [0.05, 0.1) is 0 Å². The molecule has 4 nitrogen and oxygen atoms in total. The number of aliphatic imine (C=N–C) groups is 1. The maximum Gasteiger partial charge on any atom is 0.386 e. The minimum atomic E-state index is -4.00. The smallest absolute Gasteiger partial charge is 0.386 e. The second kappa shape index (κ2) is 8.77. The Labute approximate surface area is 142 Å². The lowest BCUT2D eigenvalue weighted by molar-refractivity contribution is -0.110. The molecule has 9 heteroatoms. The summed E-state index contributed by atoms with van der Waals surface area (Å²) in [6.45, 7) is -0.280. The van der Waals surface area contributed by atoms with Crippen LogP contribution in [0.15, 0.2) is 17.1 Å². The molecule has 0 aromatic heterocycles. The van der Waals surface area contributed by atoms with Gasteiger partial charge in [-0.1, -0.05) is 0 Å². The average Bonchev–Trinajstić information content (AvgIpc) is 3.29. The fourth-order valence-corrected chi connectivity index (χ4v) is 2.07. The van der Waals surface area contributed by atoms with Gasteiger partial charge in [-0.15, -0.1) is 0 Å². The van der Waals surface area contributed by atoms with Crippen LogP contribution in [-0.2, 0) is 0 Å². The van der Waals surface area contributed by atoms with E-state index in [1.165, 1.54) is 6.07 Å². The number of nitrogens with zero attached hydrogens (tertiary/aromatic N) is 1. The molecule has 1 saturated carbocycles. The van der Waals surface area contributed by atoms with Crippen molar-refractivity contribution in [3.63, 3.8) is 0 Å². The Morgan fingerprint density at radius 2 is 1.96 bits per heavy atom. The fraction of sp³-hybridized carbons (Fsp3) is 0.500. The molecule has 0 unspecified atom stereocenters. The largest absolute Gasteiger partial charge is 0.398 e. The highest BCUT2D eigenvalue weighted by atomic mass is 19.4. The quantitative estimate of drug-likeness (QED) is 0.357. The highest BCUT2D eigenvalue weighted by molar-refractivity contribution is 5.99. The van der Waals surface area contributed by atoms with Gasteiger partial charge in [-0.05, 0) is 43.4 Å². The monoisotopic (exact) mass is 365 g/mol. The molecule has 0 aliphatic heterocycles. The molecule has 1 amide bonds. The molecular formula is C16H20F5N3O. The number of hydrogen-bond acceptors (Lipinski definition) is 3. The SMILES string of the molecule is CC(F)(F)F.CCNC(=O)c1cc(/C=N/C(F)F)c(N)c(C2CC2)c1. The molecule has 1 fully saturated rings. The predicted molar refractivity (Wildman–Crippen MR) is 86.2 cm³/mol. The molecule has 2 rings (SSSR count). The van der Waals surface area contributed by atoms with Gasteiger partial charge in [0.2, 0.25) is 0 Å². The number of hydrogen-bond donors (Lipinski definition) is 2. The first-order chi connectivity index (χ1) is 11.5.